The maximum absolute atomic E-state index is 13.0. The van der Waals surface area contributed by atoms with E-state index in [4.69, 9.17) is 0 Å². The van der Waals surface area contributed by atoms with Gasteiger partial charge in [0.05, 0.1) is 16.1 Å². The highest BCUT2D eigenvalue weighted by atomic mass is 32.2. The van der Waals surface area contributed by atoms with Gasteiger partial charge in [-0.15, -0.1) is 0 Å². The SMILES string of the molecule is CC(=O)N1CCc2cc(S(=O)(=O)Nc3ccccc3C(=O)NC(C)(C)C)ccc21. The summed E-state index contributed by atoms with van der Waals surface area (Å²) < 4.78 is 28.4. The first-order chi connectivity index (χ1) is 13.5. The van der Waals surface area contributed by atoms with Gasteiger partial charge in [0.1, 0.15) is 0 Å². The lowest BCUT2D eigenvalue weighted by Gasteiger charge is -2.21. The zero-order chi connectivity index (χ0) is 21.4. The molecule has 8 heteroatoms. The summed E-state index contributed by atoms with van der Waals surface area (Å²) >= 11 is 0. The van der Waals surface area contributed by atoms with Crippen molar-refractivity contribution in [3.63, 3.8) is 0 Å². The van der Waals surface area contributed by atoms with E-state index < -0.39 is 15.6 Å². The molecular formula is C21H25N3O4S. The minimum Gasteiger partial charge on any atom is -0.347 e. The Kier molecular flexibility index (Phi) is 5.40. The van der Waals surface area contributed by atoms with Crippen molar-refractivity contribution in [2.45, 2.75) is 44.6 Å². The van der Waals surface area contributed by atoms with Crippen molar-refractivity contribution in [1.29, 1.82) is 0 Å². The lowest BCUT2D eigenvalue weighted by Crippen LogP contribution is -2.40. The molecule has 1 heterocycles. The summed E-state index contributed by atoms with van der Waals surface area (Å²) in [5.74, 6) is -0.432. The minimum absolute atomic E-state index is 0.0729. The highest BCUT2D eigenvalue weighted by Crippen LogP contribution is 2.31. The number of para-hydroxylation sites is 1. The van der Waals surface area contributed by atoms with Crippen molar-refractivity contribution >= 4 is 33.2 Å². The van der Waals surface area contributed by atoms with Crippen LogP contribution >= 0.6 is 0 Å². The number of hydrogen-bond donors (Lipinski definition) is 2. The van der Waals surface area contributed by atoms with Crippen molar-refractivity contribution in [2.24, 2.45) is 0 Å². The molecule has 29 heavy (non-hydrogen) atoms. The predicted molar refractivity (Wildman–Crippen MR) is 113 cm³/mol. The van der Waals surface area contributed by atoms with Gasteiger partial charge in [0.25, 0.3) is 15.9 Å². The first kappa shape index (κ1) is 20.9. The highest BCUT2D eigenvalue weighted by Gasteiger charge is 2.26. The maximum atomic E-state index is 13.0. The Morgan fingerprint density at radius 2 is 1.76 bits per heavy atom. The Morgan fingerprint density at radius 1 is 1.07 bits per heavy atom. The van der Waals surface area contributed by atoms with Gasteiger partial charge in [0.15, 0.2) is 0 Å². The number of rotatable bonds is 4. The van der Waals surface area contributed by atoms with Crippen LogP contribution in [0.15, 0.2) is 47.4 Å². The maximum Gasteiger partial charge on any atom is 0.261 e. The molecule has 0 fully saturated rings. The molecule has 0 spiro atoms. The summed E-state index contributed by atoms with van der Waals surface area (Å²) in [6.45, 7) is 7.59. The predicted octanol–water partition coefficient (Wildman–Crippen LogP) is 2.92. The van der Waals surface area contributed by atoms with Crippen LogP contribution in [0.1, 0.15) is 43.6 Å². The average molecular weight is 416 g/mol. The van der Waals surface area contributed by atoms with Gasteiger partial charge in [-0.1, -0.05) is 12.1 Å². The van der Waals surface area contributed by atoms with E-state index in [0.717, 1.165) is 11.3 Å². The molecule has 3 rings (SSSR count). The quantitative estimate of drug-likeness (QED) is 0.803. The minimum atomic E-state index is -3.91. The molecule has 2 aromatic carbocycles. The largest absolute Gasteiger partial charge is 0.347 e. The van der Waals surface area contributed by atoms with Crippen LogP contribution in [0.25, 0.3) is 0 Å². The normalized spacial score (nSPS) is 13.7. The van der Waals surface area contributed by atoms with E-state index in [-0.39, 0.29) is 28.0 Å². The van der Waals surface area contributed by atoms with Crippen LogP contribution in [0.5, 0.6) is 0 Å². The molecule has 154 valence electrons. The molecule has 0 radical (unpaired) electrons. The van der Waals surface area contributed by atoms with Gasteiger partial charge in [0, 0.05) is 24.7 Å². The zero-order valence-electron chi connectivity index (χ0n) is 16.9. The number of carbonyl (C=O) groups is 2. The smallest absolute Gasteiger partial charge is 0.261 e. The van der Waals surface area contributed by atoms with Gasteiger partial charge in [-0.3, -0.25) is 14.3 Å². The van der Waals surface area contributed by atoms with Crippen molar-refractivity contribution in [2.75, 3.05) is 16.2 Å². The lowest BCUT2D eigenvalue weighted by atomic mass is 10.1. The fourth-order valence-corrected chi connectivity index (χ4v) is 4.38. The van der Waals surface area contributed by atoms with Gasteiger partial charge in [-0.25, -0.2) is 8.42 Å². The van der Waals surface area contributed by atoms with Crippen molar-refractivity contribution < 1.29 is 18.0 Å². The number of fused-ring (bicyclic) bond motifs is 1. The Bertz CT molecular complexity index is 1070. The molecular weight excluding hydrogens is 390 g/mol. The molecule has 0 bridgehead atoms. The first-order valence-corrected chi connectivity index (χ1v) is 10.8. The van der Waals surface area contributed by atoms with Gasteiger partial charge >= 0.3 is 0 Å². The fraction of sp³-hybridized carbons (Fsp3) is 0.333. The first-order valence-electron chi connectivity index (χ1n) is 9.33. The highest BCUT2D eigenvalue weighted by molar-refractivity contribution is 7.92. The Labute approximate surface area is 171 Å². The summed E-state index contributed by atoms with van der Waals surface area (Å²) in [6.07, 6.45) is 0.600. The second kappa shape index (κ2) is 7.51. The van der Waals surface area contributed by atoms with Crippen LogP contribution in [0.3, 0.4) is 0 Å². The van der Waals surface area contributed by atoms with Crippen molar-refractivity contribution in [3.05, 3.63) is 53.6 Å². The summed E-state index contributed by atoms with van der Waals surface area (Å²) in [7, 11) is -3.91. The molecule has 1 aliphatic heterocycles. The summed E-state index contributed by atoms with van der Waals surface area (Å²) in [6, 6.07) is 11.2. The van der Waals surface area contributed by atoms with Crippen LogP contribution in [0.2, 0.25) is 0 Å². The number of benzene rings is 2. The van der Waals surface area contributed by atoms with Crippen LogP contribution in [-0.4, -0.2) is 32.3 Å². The molecule has 7 nitrogen and oxygen atoms in total. The number of nitrogens with zero attached hydrogens (tertiary/aromatic N) is 1. The van der Waals surface area contributed by atoms with Gasteiger partial charge in [0.2, 0.25) is 5.91 Å². The topological polar surface area (TPSA) is 95.6 Å². The molecule has 0 saturated carbocycles. The standard InChI is InChI=1S/C21H25N3O4S/c1-14(25)24-12-11-15-13-16(9-10-19(15)24)29(27,28)23-18-8-6-5-7-17(18)20(26)22-21(2,3)4/h5-10,13,23H,11-12H2,1-4H3,(H,22,26). The molecule has 0 aliphatic carbocycles. The van der Waals surface area contributed by atoms with Crippen LogP contribution < -0.4 is 14.9 Å². The Balaban J connectivity index is 1.90. The van der Waals surface area contributed by atoms with Gasteiger partial charge in [-0.05, 0) is 63.1 Å². The number of nitrogens with one attached hydrogen (secondary N) is 2. The van der Waals surface area contributed by atoms with E-state index in [2.05, 4.69) is 10.0 Å². The number of hydrogen-bond acceptors (Lipinski definition) is 4. The summed E-state index contributed by atoms with van der Waals surface area (Å²) in [5, 5.41) is 2.84. The van der Waals surface area contributed by atoms with E-state index >= 15 is 0 Å². The van der Waals surface area contributed by atoms with E-state index in [9.17, 15) is 18.0 Å². The number of carbonyl (C=O) groups excluding carboxylic acids is 2. The van der Waals surface area contributed by atoms with E-state index in [1.165, 1.54) is 13.0 Å². The molecule has 2 amide bonds. The molecule has 2 aromatic rings. The lowest BCUT2D eigenvalue weighted by molar-refractivity contribution is -0.116. The van der Waals surface area contributed by atoms with Gasteiger partial charge in [-0.2, -0.15) is 0 Å². The second-order valence-electron chi connectivity index (χ2n) is 8.07. The van der Waals surface area contributed by atoms with Crippen LogP contribution in [0, 0.1) is 0 Å². The zero-order valence-corrected chi connectivity index (χ0v) is 17.8. The molecule has 0 unspecified atom stereocenters. The number of anilines is 2. The van der Waals surface area contributed by atoms with Crippen molar-refractivity contribution in [1.82, 2.24) is 5.32 Å². The molecule has 1 aliphatic rings. The van der Waals surface area contributed by atoms with E-state index in [1.807, 2.05) is 20.8 Å². The Morgan fingerprint density at radius 3 is 2.41 bits per heavy atom. The molecule has 0 saturated heterocycles. The summed E-state index contributed by atoms with van der Waals surface area (Å²) in [5.41, 5.74) is 1.55. The molecule has 2 N–H and O–H groups in total. The third kappa shape index (κ3) is 4.59. The molecule has 0 atom stereocenters. The van der Waals surface area contributed by atoms with Crippen molar-refractivity contribution in [3.8, 4) is 0 Å². The third-order valence-electron chi connectivity index (χ3n) is 4.54. The number of sulfonamides is 1. The van der Waals surface area contributed by atoms with E-state index in [1.54, 1.807) is 41.3 Å². The van der Waals surface area contributed by atoms with Gasteiger partial charge < -0.3 is 10.2 Å². The Hall–Kier alpha value is -2.87. The summed E-state index contributed by atoms with van der Waals surface area (Å²) in [4.78, 5) is 26.0. The average Bonchev–Trinajstić information content (AvgIpc) is 3.03. The third-order valence-corrected chi connectivity index (χ3v) is 5.90. The monoisotopic (exact) mass is 415 g/mol. The van der Waals surface area contributed by atoms with E-state index in [0.29, 0.717) is 13.0 Å². The molecule has 0 aromatic heterocycles. The second-order valence-corrected chi connectivity index (χ2v) is 9.75. The van der Waals surface area contributed by atoms with Crippen LogP contribution in [-0.2, 0) is 21.2 Å². The van der Waals surface area contributed by atoms with Crippen LogP contribution in [0.4, 0.5) is 11.4 Å². The fourth-order valence-electron chi connectivity index (χ4n) is 3.25. The number of amides is 2.